The predicted octanol–water partition coefficient (Wildman–Crippen LogP) is 4.18. The summed E-state index contributed by atoms with van der Waals surface area (Å²) >= 11 is 0. The summed E-state index contributed by atoms with van der Waals surface area (Å²) in [5.41, 5.74) is 5.19. The summed E-state index contributed by atoms with van der Waals surface area (Å²) in [6.45, 7) is 4.17. The Morgan fingerprint density at radius 1 is 0.917 bits per heavy atom. The van der Waals surface area contributed by atoms with Gasteiger partial charge in [-0.1, -0.05) is 24.3 Å². The van der Waals surface area contributed by atoms with E-state index in [1.807, 2.05) is 35.0 Å². The molecule has 0 aliphatic rings. The van der Waals surface area contributed by atoms with Gasteiger partial charge in [-0.05, 0) is 49.2 Å². The van der Waals surface area contributed by atoms with Gasteiger partial charge in [0.25, 0.3) is 0 Å². The van der Waals surface area contributed by atoms with Crippen molar-refractivity contribution >= 4 is 22.5 Å². The lowest BCUT2D eigenvalue weighted by Crippen LogP contribution is -1.99. The monoisotopic (exact) mass is 315 g/mol. The number of para-hydroxylation sites is 1. The molecule has 0 bridgehead atoms. The first-order chi connectivity index (χ1) is 11.7. The SMILES string of the molecule is Cc1cc(C)cc(Nc2ncnc3c2cnn3-c2ccccc2)c1. The molecule has 0 unspecified atom stereocenters. The highest BCUT2D eigenvalue weighted by Crippen LogP contribution is 2.25. The molecule has 0 aliphatic heterocycles. The normalized spacial score (nSPS) is 10.9. The van der Waals surface area contributed by atoms with Crippen LogP contribution in [-0.4, -0.2) is 19.7 Å². The van der Waals surface area contributed by atoms with E-state index in [0.29, 0.717) is 0 Å². The van der Waals surface area contributed by atoms with Crippen LogP contribution in [0, 0.1) is 13.8 Å². The minimum absolute atomic E-state index is 0.757. The first kappa shape index (κ1) is 14.4. The van der Waals surface area contributed by atoms with E-state index in [-0.39, 0.29) is 0 Å². The quantitative estimate of drug-likeness (QED) is 0.616. The predicted molar refractivity (Wildman–Crippen MR) is 95.9 cm³/mol. The molecule has 5 heteroatoms. The van der Waals surface area contributed by atoms with Crippen molar-refractivity contribution in [2.24, 2.45) is 0 Å². The van der Waals surface area contributed by atoms with Crippen LogP contribution in [-0.2, 0) is 0 Å². The molecule has 5 nitrogen and oxygen atoms in total. The number of aryl methyl sites for hydroxylation is 2. The molecule has 0 amide bonds. The Morgan fingerprint density at radius 2 is 1.67 bits per heavy atom. The number of aromatic nitrogens is 4. The summed E-state index contributed by atoms with van der Waals surface area (Å²) in [7, 11) is 0. The van der Waals surface area contributed by atoms with E-state index in [4.69, 9.17) is 0 Å². The maximum absolute atomic E-state index is 4.48. The molecule has 24 heavy (non-hydrogen) atoms. The number of rotatable bonds is 3. The topological polar surface area (TPSA) is 55.6 Å². The van der Waals surface area contributed by atoms with Crippen LogP contribution in [0.5, 0.6) is 0 Å². The Balaban J connectivity index is 1.79. The van der Waals surface area contributed by atoms with Gasteiger partial charge in [0.15, 0.2) is 5.65 Å². The average Bonchev–Trinajstić information content (AvgIpc) is 3.00. The summed E-state index contributed by atoms with van der Waals surface area (Å²) in [5, 5.41) is 8.76. The van der Waals surface area contributed by atoms with E-state index in [2.05, 4.69) is 52.4 Å². The fourth-order valence-corrected chi connectivity index (χ4v) is 2.89. The van der Waals surface area contributed by atoms with Gasteiger partial charge in [-0.3, -0.25) is 0 Å². The number of fused-ring (bicyclic) bond motifs is 1. The van der Waals surface area contributed by atoms with Gasteiger partial charge in [0.05, 0.1) is 17.3 Å². The largest absolute Gasteiger partial charge is 0.340 e. The van der Waals surface area contributed by atoms with E-state index in [0.717, 1.165) is 28.2 Å². The summed E-state index contributed by atoms with van der Waals surface area (Å²) in [6, 6.07) is 16.3. The molecule has 0 radical (unpaired) electrons. The Labute approximate surface area is 140 Å². The highest BCUT2D eigenvalue weighted by Gasteiger charge is 2.11. The van der Waals surface area contributed by atoms with Crippen LogP contribution in [0.1, 0.15) is 11.1 Å². The van der Waals surface area contributed by atoms with Crippen molar-refractivity contribution in [3.8, 4) is 5.69 Å². The standard InChI is InChI=1S/C19H17N5/c1-13-8-14(2)10-15(9-13)23-18-17-11-22-24(19(17)21-12-20-18)16-6-4-3-5-7-16/h3-12H,1-2H3,(H,20,21,23). The number of anilines is 2. The number of hydrogen-bond donors (Lipinski definition) is 1. The van der Waals surface area contributed by atoms with Crippen molar-refractivity contribution < 1.29 is 0 Å². The molecule has 0 fully saturated rings. The van der Waals surface area contributed by atoms with Gasteiger partial charge in [0.2, 0.25) is 0 Å². The molecule has 1 N–H and O–H groups in total. The fraction of sp³-hybridized carbons (Fsp3) is 0.105. The van der Waals surface area contributed by atoms with Crippen molar-refractivity contribution in [3.05, 3.63) is 72.2 Å². The zero-order valence-corrected chi connectivity index (χ0v) is 13.6. The second kappa shape index (κ2) is 5.77. The van der Waals surface area contributed by atoms with Crippen LogP contribution in [0.15, 0.2) is 61.1 Å². The van der Waals surface area contributed by atoms with Crippen LogP contribution in [0.4, 0.5) is 11.5 Å². The van der Waals surface area contributed by atoms with Gasteiger partial charge in [-0.25, -0.2) is 14.6 Å². The van der Waals surface area contributed by atoms with Gasteiger partial charge < -0.3 is 5.32 Å². The number of nitrogens with one attached hydrogen (secondary N) is 1. The van der Waals surface area contributed by atoms with E-state index in [1.54, 1.807) is 12.5 Å². The van der Waals surface area contributed by atoms with Gasteiger partial charge >= 0.3 is 0 Å². The Hall–Kier alpha value is -3.21. The highest BCUT2D eigenvalue weighted by molar-refractivity contribution is 5.89. The second-order valence-corrected chi connectivity index (χ2v) is 5.85. The molecular formula is C19H17N5. The van der Waals surface area contributed by atoms with Gasteiger partial charge in [-0.15, -0.1) is 0 Å². The van der Waals surface area contributed by atoms with Gasteiger partial charge in [0, 0.05) is 5.69 Å². The first-order valence-corrected chi connectivity index (χ1v) is 7.80. The molecule has 2 heterocycles. The van der Waals surface area contributed by atoms with Gasteiger partial charge in [-0.2, -0.15) is 5.10 Å². The van der Waals surface area contributed by atoms with E-state index in [1.165, 1.54) is 11.1 Å². The molecule has 0 spiro atoms. The number of benzene rings is 2. The minimum Gasteiger partial charge on any atom is -0.340 e. The summed E-state index contributed by atoms with van der Waals surface area (Å²) < 4.78 is 1.82. The van der Waals surface area contributed by atoms with E-state index in [9.17, 15) is 0 Å². The maximum Gasteiger partial charge on any atom is 0.168 e. The zero-order chi connectivity index (χ0) is 16.5. The number of hydrogen-bond acceptors (Lipinski definition) is 4. The number of nitrogens with zero attached hydrogens (tertiary/aromatic N) is 4. The van der Waals surface area contributed by atoms with Crippen LogP contribution < -0.4 is 5.32 Å². The van der Waals surface area contributed by atoms with Crippen LogP contribution >= 0.6 is 0 Å². The molecule has 4 aromatic rings. The van der Waals surface area contributed by atoms with Crippen molar-refractivity contribution in [3.63, 3.8) is 0 Å². The molecule has 4 rings (SSSR count). The molecule has 0 saturated carbocycles. The van der Waals surface area contributed by atoms with Crippen LogP contribution in [0.25, 0.3) is 16.7 Å². The third kappa shape index (κ3) is 2.60. The summed E-state index contributed by atoms with van der Waals surface area (Å²) in [5.74, 6) is 0.757. The van der Waals surface area contributed by atoms with Crippen molar-refractivity contribution in [2.75, 3.05) is 5.32 Å². The molecule has 0 atom stereocenters. The van der Waals surface area contributed by atoms with E-state index < -0.39 is 0 Å². The molecule has 118 valence electrons. The van der Waals surface area contributed by atoms with Crippen LogP contribution in [0.3, 0.4) is 0 Å². The van der Waals surface area contributed by atoms with E-state index >= 15 is 0 Å². The lowest BCUT2D eigenvalue weighted by atomic mass is 10.1. The van der Waals surface area contributed by atoms with Gasteiger partial charge in [0.1, 0.15) is 12.1 Å². The molecular weight excluding hydrogens is 298 g/mol. The summed E-state index contributed by atoms with van der Waals surface area (Å²) in [4.78, 5) is 8.80. The highest BCUT2D eigenvalue weighted by atomic mass is 15.3. The lowest BCUT2D eigenvalue weighted by Gasteiger charge is -2.09. The van der Waals surface area contributed by atoms with Crippen molar-refractivity contribution in [1.82, 2.24) is 19.7 Å². The van der Waals surface area contributed by atoms with Crippen molar-refractivity contribution in [1.29, 1.82) is 0 Å². The minimum atomic E-state index is 0.757. The van der Waals surface area contributed by atoms with Crippen molar-refractivity contribution in [2.45, 2.75) is 13.8 Å². The maximum atomic E-state index is 4.48. The smallest absolute Gasteiger partial charge is 0.168 e. The zero-order valence-electron chi connectivity index (χ0n) is 13.6. The van der Waals surface area contributed by atoms with Crippen LogP contribution in [0.2, 0.25) is 0 Å². The molecule has 0 aliphatic carbocycles. The Bertz CT molecular complexity index is 985. The summed E-state index contributed by atoms with van der Waals surface area (Å²) in [6.07, 6.45) is 3.36. The average molecular weight is 315 g/mol. The molecule has 2 aromatic carbocycles. The molecule has 0 saturated heterocycles. The lowest BCUT2D eigenvalue weighted by molar-refractivity contribution is 0.895. The third-order valence-electron chi connectivity index (χ3n) is 3.85. The second-order valence-electron chi connectivity index (χ2n) is 5.85. The molecule has 2 aromatic heterocycles. The third-order valence-corrected chi connectivity index (χ3v) is 3.85. The Kier molecular flexibility index (Phi) is 3.46. The Morgan fingerprint density at radius 3 is 2.42 bits per heavy atom. The first-order valence-electron chi connectivity index (χ1n) is 7.80. The fourth-order valence-electron chi connectivity index (χ4n) is 2.89.